The molecule has 4 heterocycles. The third-order valence-corrected chi connectivity index (χ3v) is 5.23. The Hall–Kier alpha value is -2.81. The Kier molecular flexibility index (Phi) is 5.10. The van der Waals surface area contributed by atoms with E-state index in [2.05, 4.69) is 53.3 Å². The zero-order valence-electron chi connectivity index (χ0n) is 15.2. The summed E-state index contributed by atoms with van der Waals surface area (Å²) in [6.45, 7) is 4.27. The van der Waals surface area contributed by atoms with Crippen molar-refractivity contribution >= 4 is 34.5 Å². The molecule has 4 rings (SSSR count). The van der Waals surface area contributed by atoms with Crippen LogP contribution in [0, 0.1) is 0 Å². The molecule has 8 nitrogen and oxygen atoms in total. The lowest BCUT2D eigenvalue weighted by atomic mass is 10.1. The molecule has 1 saturated heterocycles. The van der Waals surface area contributed by atoms with Crippen molar-refractivity contribution in [2.24, 2.45) is 5.10 Å². The fourth-order valence-corrected chi connectivity index (χ4v) is 3.56. The predicted molar refractivity (Wildman–Crippen MR) is 110 cm³/mol. The highest BCUT2D eigenvalue weighted by atomic mass is 32.1. The Balaban J connectivity index is 1.37. The molecule has 140 valence electrons. The second kappa shape index (κ2) is 7.83. The molecule has 0 aromatic carbocycles. The Labute approximate surface area is 163 Å². The van der Waals surface area contributed by atoms with Gasteiger partial charge in [-0.3, -0.25) is 15.4 Å². The first kappa shape index (κ1) is 17.6. The largest absolute Gasteiger partial charge is 0.372 e. The predicted octanol–water partition coefficient (Wildman–Crippen LogP) is 1.11. The van der Waals surface area contributed by atoms with Crippen LogP contribution in [-0.2, 0) is 0 Å². The van der Waals surface area contributed by atoms with E-state index in [9.17, 15) is 0 Å². The molecule has 0 amide bonds. The van der Waals surface area contributed by atoms with Crippen LogP contribution in [0.5, 0.6) is 0 Å². The number of nitrogens with zero attached hydrogens (tertiary/aromatic N) is 7. The van der Waals surface area contributed by atoms with Gasteiger partial charge in [0.15, 0.2) is 5.11 Å². The molecule has 0 aliphatic carbocycles. The Morgan fingerprint density at radius 3 is 2.74 bits per heavy atom. The van der Waals surface area contributed by atoms with Crippen LogP contribution in [-0.4, -0.2) is 70.4 Å². The maximum Gasteiger partial charge on any atom is 0.189 e. The summed E-state index contributed by atoms with van der Waals surface area (Å²) in [5, 5.41) is 5.22. The van der Waals surface area contributed by atoms with Gasteiger partial charge in [-0.05, 0) is 24.4 Å². The maximum absolute atomic E-state index is 5.55. The molecule has 0 atom stereocenters. The molecule has 0 saturated carbocycles. The van der Waals surface area contributed by atoms with Crippen LogP contribution in [0.1, 0.15) is 12.1 Å². The van der Waals surface area contributed by atoms with E-state index in [4.69, 9.17) is 12.2 Å². The minimum Gasteiger partial charge on any atom is -0.372 e. The summed E-state index contributed by atoms with van der Waals surface area (Å²) in [4.78, 5) is 19.5. The molecule has 1 fully saturated rings. The number of aromatic nitrogens is 3. The molecular weight excluding hydrogens is 360 g/mol. The second-order valence-corrected chi connectivity index (χ2v) is 6.94. The quantitative estimate of drug-likeness (QED) is 0.612. The summed E-state index contributed by atoms with van der Waals surface area (Å²) < 4.78 is 0. The van der Waals surface area contributed by atoms with Gasteiger partial charge < -0.3 is 14.7 Å². The minimum absolute atomic E-state index is 0.651. The summed E-state index contributed by atoms with van der Waals surface area (Å²) in [6.07, 6.45) is 7.85. The van der Waals surface area contributed by atoms with Crippen molar-refractivity contribution in [2.45, 2.75) is 6.42 Å². The van der Waals surface area contributed by atoms with E-state index < -0.39 is 0 Å². The number of thiocarbonyl (C=S) groups is 1. The lowest BCUT2D eigenvalue weighted by Gasteiger charge is -2.36. The molecule has 1 N–H and O–H groups in total. The number of hydrogen-bond donors (Lipinski definition) is 1. The van der Waals surface area contributed by atoms with Crippen LogP contribution < -0.4 is 15.2 Å². The van der Waals surface area contributed by atoms with Gasteiger partial charge in [0.25, 0.3) is 0 Å². The molecule has 0 unspecified atom stereocenters. The molecule has 2 aliphatic heterocycles. The smallest absolute Gasteiger partial charge is 0.189 e. The lowest BCUT2D eigenvalue weighted by molar-refractivity contribution is 0.379. The highest BCUT2D eigenvalue weighted by molar-refractivity contribution is 7.80. The highest BCUT2D eigenvalue weighted by Gasteiger charge is 2.22. The summed E-state index contributed by atoms with van der Waals surface area (Å²) in [5.41, 5.74) is 6.05. The van der Waals surface area contributed by atoms with Crippen LogP contribution in [0.15, 0.2) is 42.0 Å². The number of hydrazone groups is 1. The van der Waals surface area contributed by atoms with Crippen molar-refractivity contribution in [3.63, 3.8) is 0 Å². The monoisotopic (exact) mass is 382 g/mol. The molecule has 2 aliphatic rings. The minimum atomic E-state index is 0.651. The number of rotatable bonds is 2. The standard InChI is InChI=1S/C18H22N8S/c1-24-8-4-14(17-15(24)3-2-5-21-17)22-23-18(27)26-11-9-25(10-12-26)16-13-19-6-7-20-16/h2-3,5-7,13H,4,8-12H2,1H3,(H,23,27)/b22-14-. The van der Waals surface area contributed by atoms with Crippen molar-refractivity contribution < 1.29 is 0 Å². The van der Waals surface area contributed by atoms with Crippen LogP contribution in [0.2, 0.25) is 0 Å². The average molecular weight is 382 g/mol. The molecular formula is C18H22N8S. The third kappa shape index (κ3) is 3.82. The topological polar surface area (TPSA) is 72.8 Å². The Morgan fingerprint density at radius 2 is 1.96 bits per heavy atom. The van der Waals surface area contributed by atoms with E-state index in [1.54, 1.807) is 24.8 Å². The number of fused-ring (bicyclic) bond motifs is 1. The number of nitrogens with one attached hydrogen (secondary N) is 1. The number of piperazine rings is 1. The molecule has 0 bridgehead atoms. The van der Waals surface area contributed by atoms with Gasteiger partial charge in [-0.1, -0.05) is 0 Å². The van der Waals surface area contributed by atoms with Crippen molar-refractivity contribution in [1.29, 1.82) is 0 Å². The molecule has 27 heavy (non-hydrogen) atoms. The first-order valence-corrected chi connectivity index (χ1v) is 9.42. The van der Waals surface area contributed by atoms with Gasteiger partial charge in [0, 0.05) is 64.8 Å². The fraction of sp³-hybridized carbons (Fsp3) is 0.389. The van der Waals surface area contributed by atoms with Crippen molar-refractivity contribution in [3.05, 3.63) is 42.6 Å². The van der Waals surface area contributed by atoms with E-state index in [0.717, 1.165) is 62.1 Å². The molecule has 2 aromatic heterocycles. The van der Waals surface area contributed by atoms with Crippen molar-refractivity contribution in [1.82, 2.24) is 25.3 Å². The normalized spacial score (nSPS) is 18.4. The number of pyridine rings is 1. The highest BCUT2D eigenvalue weighted by Crippen LogP contribution is 2.23. The molecule has 2 aromatic rings. The van der Waals surface area contributed by atoms with Crippen LogP contribution in [0.4, 0.5) is 11.5 Å². The van der Waals surface area contributed by atoms with Gasteiger partial charge in [-0.15, -0.1) is 0 Å². The third-order valence-electron chi connectivity index (χ3n) is 4.88. The Morgan fingerprint density at radius 1 is 1.11 bits per heavy atom. The van der Waals surface area contributed by atoms with E-state index in [1.807, 2.05) is 6.07 Å². The first-order chi connectivity index (χ1) is 13.2. The fourth-order valence-electron chi connectivity index (χ4n) is 3.33. The molecule has 9 heteroatoms. The van der Waals surface area contributed by atoms with Crippen LogP contribution >= 0.6 is 12.2 Å². The van der Waals surface area contributed by atoms with Crippen molar-refractivity contribution in [3.8, 4) is 0 Å². The van der Waals surface area contributed by atoms with Crippen LogP contribution in [0.3, 0.4) is 0 Å². The summed E-state index contributed by atoms with van der Waals surface area (Å²) >= 11 is 5.55. The van der Waals surface area contributed by atoms with Crippen LogP contribution in [0.25, 0.3) is 0 Å². The Bertz CT molecular complexity index is 832. The lowest BCUT2D eigenvalue weighted by Crippen LogP contribution is -2.51. The molecule has 0 spiro atoms. The SMILES string of the molecule is CN1CC/C(=N/NC(=S)N2CCN(c3cnccn3)CC2)c2ncccc21. The summed E-state index contributed by atoms with van der Waals surface area (Å²) in [7, 11) is 2.08. The summed E-state index contributed by atoms with van der Waals surface area (Å²) in [5.74, 6) is 0.908. The van der Waals surface area contributed by atoms with Gasteiger partial charge >= 0.3 is 0 Å². The zero-order valence-corrected chi connectivity index (χ0v) is 16.1. The second-order valence-electron chi connectivity index (χ2n) is 6.56. The van der Waals surface area contributed by atoms with E-state index in [1.165, 1.54) is 0 Å². The maximum atomic E-state index is 5.55. The number of hydrogen-bond acceptors (Lipinski definition) is 7. The van der Waals surface area contributed by atoms with E-state index in [-0.39, 0.29) is 0 Å². The van der Waals surface area contributed by atoms with E-state index >= 15 is 0 Å². The number of anilines is 2. The zero-order chi connectivity index (χ0) is 18.6. The van der Waals surface area contributed by atoms with Crippen molar-refractivity contribution in [2.75, 3.05) is 49.6 Å². The van der Waals surface area contributed by atoms with E-state index in [0.29, 0.717) is 5.11 Å². The first-order valence-electron chi connectivity index (χ1n) is 9.01. The average Bonchev–Trinajstić information content (AvgIpc) is 2.74. The van der Waals surface area contributed by atoms with Gasteiger partial charge in [-0.2, -0.15) is 5.10 Å². The summed E-state index contributed by atoms with van der Waals surface area (Å²) in [6, 6.07) is 4.02. The van der Waals surface area contributed by atoms with Gasteiger partial charge in [0.1, 0.15) is 11.5 Å². The van der Waals surface area contributed by atoms with Gasteiger partial charge in [0.2, 0.25) is 0 Å². The van der Waals surface area contributed by atoms with Gasteiger partial charge in [-0.25, -0.2) is 4.98 Å². The van der Waals surface area contributed by atoms with Gasteiger partial charge in [0.05, 0.1) is 17.6 Å². The molecule has 0 radical (unpaired) electrons.